The molecule has 0 spiro atoms. The molecular formula is C13H14O. The van der Waals surface area contributed by atoms with E-state index in [1.165, 1.54) is 6.42 Å². The molecular weight excluding hydrogens is 172 g/mol. The van der Waals surface area contributed by atoms with Gasteiger partial charge in [-0.2, -0.15) is 0 Å². The highest BCUT2D eigenvalue weighted by Crippen LogP contribution is 2.53. The first-order valence-electron chi connectivity index (χ1n) is 5.32. The highest BCUT2D eigenvalue weighted by atomic mass is 16.5. The van der Waals surface area contributed by atoms with Crippen molar-refractivity contribution in [2.75, 3.05) is 6.61 Å². The summed E-state index contributed by atoms with van der Waals surface area (Å²) in [6, 6.07) is 0. The lowest BCUT2D eigenvalue weighted by atomic mass is 9.84. The predicted octanol–water partition coefficient (Wildman–Crippen LogP) is 2.01. The Hall–Kier alpha value is -1.00. The average Bonchev–Trinajstić information content (AvgIpc) is 2.87. The normalized spacial score (nSPS) is 46.9. The summed E-state index contributed by atoms with van der Waals surface area (Å²) in [6.45, 7) is 0.444. The lowest BCUT2D eigenvalue weighted by Gasteiger charge is -2.25. The molecule has 3 aliphatic rings. The molecule has 0 amide bonds. The fourth-order valence-corrected chi connectivity index (χ4v) is 3.31. The van der Waals surface area contributed by atoms with Crippen LogP contribution in [-0.4, -0.2) is 12.7 Å². The van der Waals surface area contributed by atoms with Gasteiger partial charge < -0.3 is 4.74 Å². The first kappa shape index (κ1) is 8.32. The molecule has 72 valence electrons. The van der Waals surface area contributed by atoms with Crippen LogP contribution in [0.4, 0.5) is 0 Å². The van der Waals surface area contributed by atoms with Crippen molar-refractivity contribution < 1.29 is 4.74 Å². The molecule has 1 nitrogen and oxygen atoms in total. The summed E-state index contributed by atoms with van der Waals surface area (Å²) < 4.78 is 5.66. The van der Waals surface area contributed by atoms with Crippen LogP contribution in [-0.2, 0) is 4.74 Å². The SMILES string of the molecule is C#CCO[C@H]1C=C[C@H]2C3C=CC(C3)[C@@H]12. The summed E-state index contributed by atoms with van der Waals surface area (Å²) >= 11 is 0. The largest absolute Gasteiger partial charge is 0.361 e. The molecule has 0 aromatic rings. The molecule has 2 bridgehead atoms. The molecule has 1 heteroatoms. The zero-order valence-electron chi connectivity index (χ0n) is 8.10. The number of hydrogen-bond donors (Lipinski definition) is 0. The van der Waals surface area contributed by atoms with Crippen LogP contribution in [0.15, 0.2) is 24.3 Å². The van der Waals surface area contributed by atoms with E-state index >= 15 is 0 Å². The minimum Gasteiger partial charge on any atom is -0.361 e. The van der Waals surface area contributed by atoms with Crippen molar-refractivity contribution in [3.8, 4) is 12.3 Å². The van der Waals surface area contributed by atoms with E-state index in [9.17, 15) is 0 Å². The van der Waals surface area contributed by atoms with Crippen molar-refractivity contribution in [2.24, 2.45) is 23.7 Å². The van der Waals surface area contributed by atoms with Crippen LogP contribution >= 0.6 is 0 Å². The van der Waals surface area contributed by atoms with Gasteiger partial charge in [0.1, 0.15) is 6.61 Å². The number of allylic oxidation sites excluding steroid dienone is 3. The Morgan fingerprint density at radius 2 is 2.07 bits per heavy atom. The van der Waals surface area contributed by atoms with Gasteiger partial charge >= 0.3 is 0 Å². The van der Waals surface area contributed by atoms with Crippen molar-refractivity contribution in [1.29, 1.82) is 0 Å². The van der Waals surface area contributed by atoms with Crippen LogP contribution in [0, 0.1) is 36.0 Å². The second-order valence-corrected chi connectivity index (χ2v) is 4.47. The van der Waals surface area contributed by atoms with Gasteiger partial charge in [-0.1, -0.05) is 30.2 Å². The molecule has 1 fully saturated rings. The van der Waals surface area contributed by atoms with Crippen molar-refractivity contribution in [3.05, 3.63) is 24.3 Å². The minimum atomic E-state index is 0.274. The van der Waals surface area contributed by atoms with Crippen LogP contribution in [0.2, 0.25) is 0 Å². The van der Waals surface area contributed by atoms with Gasteiger partial charge in [-0.3, -0.25) is 0 Å². The Morgan fingerprint density at radius 1 is 1.21 bits per heavy atom. The van der Waals surface area contributed by atoms with Gasteiger partial charge in [-0.05, 0) is 24.2 Å². The lowest BCUT2D eigenvalue weighted by Crippen LogP contribution is -2.26. The van der Waals surface area contributed by atoms with E-state index in [2.05, 4.69) is 30.2 Å². The zero-order valence-corrected chi connectivity index (χ0v) is 8.10. The third-order valence-corrected chi connectivity index (χ3v) is 3.84. The maximum atomic E-state index is 5.66. The van der Waals surface area contributed by atoms with Crippen LogP contribution in [0.25, 0.3) is 0 Å². The Balaban J connectivity index is 1.77. The minimum absolute atomic E-state index is 0.274. The predicted molar refractivity (Wildman–Crippen MR) is 55.4 cm³/mol. The first-order valence-corrected chi connectivity index (χ1v) is 5.32. The molecule has 0 saturated heterocycles. The lowest BCUT2D eigenvalue weighted by molar-refractivity contribution is 0.0561. The molecule has 0 aromatic carbocycles. The summed E-state index contributed by atoms with van der Waals surface area (Å²) in [4.78, 5) is 0. The Labute approximate surface area is 84.8 Å². The molecule has 0 radical (unpaired) electrons. The summed E-state index contributed by atoms with van der Waals surface area (Å²) in [5, 5.41) is 0. The molecule has 0 heterocycles. The Kier molecular flexibility index (Phi) is 1.78. The van der Waals surface area contributed by atoms with Crippen LogP contribution < -0.4 is 0 Å². The molecule has 3 aliphatic carbocycles. The summed E-state index contributed by atoms with van der Waals surface area (Å²) in [6.07, 6.45) is 16.1. The fourth-order valence-electron chi connectivity index (χ4n) is 3.31. The molecule has 14 heavy (non-hydrogen) atoms. The number of terminal acetylenes is 1. The third-order valence-electron chi connectivity index (χ3n) is 3.84. The first-order chi connectivity index (χ1) is 6.90. The molecule has 5 atom stereocenters. The maximum absolute atomic E-state index is 5.66. The maximum Gasteiger partial charge on any atom is 0.108 e. The summed E-state index contributed by atoms with van der Waals surface area (Å²) in [5.41, 5.74) is 0. The van der Waals surface area contributed by atoms with Gasteiger partial charge in [0.25, 0.3) is 0 Å². The van der Waals surface area contributed by atoms with Crippen molar-refractivity contribution >= 4 is 0 Å². The number of ether oxygens (including phenoxy) is 1. The smallest absolute Gasteiger partial charge is 0.108 e. The Morgan fingerprint density at radius 3 is 2.93 bits per heavy atom. The number of hydrogen-bond acceptors (Lipinski definition) is 1. The van der Waals surface area contributed by atoms with E-state index in [1.807, 2.05) is 0 Å². The second-order valence-electron chi connectivity index (χ2n) is 4.47. The van der Waals surface area contributed by atoms with Crippen molar-refractivity contribution in [2.45, 2.75) is 12.5 Å². The third kappa shape index (κ3) is 1.01. The van der Waals surface area contributed by atoms with Crippen molar-refractivity contribution in [1.82, 2.24) is 0 Å². The zero-order chi connectivity index (χ0) is 9.54. The second kappa shape index (κ2) is 3.00. The molecule has 1 saturated carbocycles. The van der Waals surface area contributed by atoms with Crippen molar-refractivity contribution in [3.63, 3.8) is 0 Å². The number of rotatable bonds is 2. The number of fused-ring (bicyclic) bond motifs is 5. The highest BCUT2D eigenvalue weighted by molar-refractivity contribution is 5.25. The van der Waals surface area contributed by atoms with E-state index in [0.29, 0.717) is 12.5 Å². The van der Waals surface area contributed by atoms with Crippen LogP contribution in [0.3, 0.4) is 0 Å². The fraction of sp³-hybridized carbons (Fsp3) is 0.538. The molecule has 0 aliphatic heterocycles. The Bertz CT molecular complexity index is 334. The molecule has 3 rings (SSSR count). The van der Waals surface area contributed by atoms with Gasteiger partial charge in [-0.25, -0.2) is 0 Å². The van der Waals surface area contributed by atoms with Gasteiger partial charge in [0, 0.05) is 5.92 Å². The summed E-state index contributed by atoms with van der Waals surface area (Å²) in [5.74, 6) is 5.47. The van der Waals surface area contributed by atoms with E-state index in [4.69, 9.17) is 11.2 Å². The van der Waals surface area contributed by atoms with Crippen LogP contribution in [0.1, 0.15) is 6.42 Å². The van der Waals surface area contributed by atoms with E-state index in [0.717, 1.165) is 17.8 Å². The van der Waals surface area contributed by atoms with E-state index in [1.54, 1.807) is 0 Å². The van der Waals surface area contributed by atoms with Gasteiger partial charge in [0.15, 0.2) is 0 Å². The molecule has 0 N–H and O–H groups in total. The van der Waals surface area contributed by atoms with E-state index in [-0.39, 0.29) is 6.10 Å². The quantitative estimate of drug-likeness (QED) is 0.473. The van der Waals surface area contributed by atoms with Gasteiger partial charge in [-0.15, -0.1) is 6.42 Å². The van der Waals surface area contributed by atoms with Gasteiger partial charge in [0.2, 0.25) is 0 Å². The summed E-state index contributed by atoms with van der Waals surface area (Å²) in [7, 11) is 0. The van der Waals surface area contributed by atoms with E-state index < -0.39 is 0 Å². The standard InChI is InChI=1S/C13H14O/c1-2-7-14-12-6-5-11-9-3-4-10(8-9)13(11)12/h1,3-6,9-13H,7-8H2/t9?,10?,11-,12-,13+/m0/s1. The highest BCUT2D eigenvalue weighted by Gasteiger charge is 2.49. The monoisotopic (exact) mass is 186 g/mol. The van der Waals surface area contributed by atoms with Gasteiger partial charge in [0.05, 0.1) is 6.10 Å². The average molecular weight is 186 g/mol. The van der Waals surface area contributed by atoms with Crippen LogP contribution in [0.5, 0.6) is 0 Å². The molecule has 2 unspecified atom stereocenters. The molecule has 0 aromatic heterocycles. The topological polar surface area (TPSA) is 9.23 Å².